The molecule has 4 rings (SSSR count). The molecule has 1 aromatic carbocycles. The molecule has 0 radical (unpaired) electrons. The van der Waals surface area contributed by atoms with Crippen molar-refractivity contribution >= 4 is 28.9 Å². The summed E-state index contributed by atoms with van der Waals surface area (Å²) in [7, 11) is 0. The average Bonchev–Trinajstić information content (AvgIpc) is 3.33. The van der Waals surface area contributed by atoms with Gasteiger partial charge in [0.2, 0.25) is 5.65 Å². The van der Waals surface area contributed by atoms with E-state index < -0.39 is 4.92 Å². The van der Waals surface area contributed by atoms with Gasteiger partial charge in [0.15, 0.2) is 5.82 Å². The standard InChI is InChI=1S/C17H14ClN7O2/c18-13-4-2-12(3-5-13)14(23-9-1-8-21-23)10-19-15-6-7-16-20-11-17(25(26)27)24(16)22-15/h1-9,11,14H,10H2,(H,19,22). The van der Waals surface area contributed by atoms with E-state index in [4.69, 9.17) is 11.6 Å². The maximum absolute atomic E-state index is 11.1. The first kappa shape index (κ1) is 17.0. The summed E-state index contributed by atoms with van der Waals surface area (Å²) in [6, 6.07) is 12.7. The highest BCUT2D eigenvalue weighted by molar-refractivity contribution is 6.30. The second-order valence-electron chi connectivity index (χ2n) is 5.80. The summed E-state index contributed by atoms with van der Waals surface area (Å²) < 4.78 is 3.03. The highest BCUT2D eigenvalue weighted by Gasteiger charge is 2.18. The number of aromatic nitrogens is 5. The van der Waals surface area contributed by atoms with E-state index in [1.54, 1.807) is 18.3 Å². The average molecular weight is 384 g/mol. The Kier molecular flexibility index (Phi) is 4.43. The number of rotatable bonds is 6. The first-order chi connectivity index (χ1) is 13.1. The van der Waals surface area contributed by atoms with Crippen LogP contribution in [0.1, 0.15) is 11.6 Å². The number of nitrogens with zero attached hydrogens (tertiary/aromatic N) is 6. The zero-order valence-electron chi connectivity index (χ0n) is 13.9. The van der Waals surface area contributed by atoms with E-state index in [0.717, 1.165) is 5.56 Å². The molecule has 0 saturated carbocycles. The lowest BCUT2D eigenvalue weighted by molar-refractivity contribution is -0.391. The summed E-state index contributed by atoms with van der Waals surface area (Å²) in [5.41, 5.74) is 1.43. The normalized spacial score (nSPS) is 12.2. The van der Waals surface area contributed by atoms with E-state index in [1.165, 1.54) is 10.7 Å². The molecule has 0 aliphatic rings. The molecule has 136 valence electrons. The summed E-state index contributed by atoms with van der Waals surface area (Å²) in [4.78, 5) is 14.5. The summed E-state index contributed by atoms with van der Waals surface area (Å²) >= 11 is 5.99. The van der Waals surface area contributed by atoms with E-state index in [2.05, 4.69) is 20.5 Å². The first-order valence-corrected chi connectivity index (χ1v) is 8.47. The monoisotopic (exact) mass is 383 g/mol. The van der Waals surface area contributed by atoms with Crippen molar-refractivity contribution in [3.8, 4) is 0 Å². The molecule has 3 heterocycles. The third-order valence-electron chi connectivity index (χ3n) is 4.11. The lowest BCUT2D eigenvalue weighted by Crippen LogP contribution is -2.21. The van der Waals surface area contributed by atoms with Gasteiger partial charge in [-0.2, -0.15) is 5.10 Å². The Labute approximate surface area is 158 Å². The Morgan fingerprint density at radius 3 is 2.74 bits per heavy atom. The lowest BCUT2D eigenvalue weighted by Gasteiger charge is -2.19. The summed E-state index contributed by atoms with van der Waals surface area (Å²) in [5, 5.41) is 23.6. The van der Waals surface area contributed by atoms with Crippen LogP contribution in [0.15, 0.2) is 61.1 Å². The topological polar surface area (TPSA) is 103 Å². The molecule has 0 saturated heterocycles. The smallest absolute Gasteiger partial charge is 0.364 e. The molecule has 10 heteroatoms. The van der Waals surface area contributed by atoms with Gasteiger partial charge in [-0.15, -0.1) is 0 Å². The number of fused-ring (bicyclic) bond motifs is 1. The Morgan fingerprint density at radius 1 is 1.22 bits per heavy atom. The van der Waals surface area contributed by atoms with Crippen molar-refractivity contribution in [3.63, 3.8) is 0 Å². The fraction of sp³-hybridized carbons (Fsp3) is 0.118. The van der Waals surface area contributed by atoms with Crippen LogP contribution < -0.4 is 5.32 Å². The van der Waals surface area contributed by atoms with Crippen LogP contribution in [0.2, 0.25) is 5.02 Å². The Balaban J connectivity index is 1.61. The van der Waals surface area contributed by atoms with Gasteiger partial charge in [0.1, 0.15) is 6.20 Å². The quantitative estimate of drug-likeness (QED) is 0.405. The molecule has 0 spiro atoms. The van der Waals surface area contributed by atoms with Gasteiger partial charge < -0.3 is 15.4 Å². The van der Waals surface area contributed by atoms with E-state index in [-0.39, 0.29) is 11.9 Å². The predicted octanol–water partition coefficient (Wildman–Crippen LogP) is 3.19. The van der Waals surface area contributed by atoms with Crippen molar-refractivity contribution in [2.45, 2.75) is 6.04 Å². The minimum atomic E-state index is -0.517. The molecule has 0 bridgehead atoms. The number of nitrogens with one attached hydrogen (secondary N) is 1. The van der Waals surface area contributed by atoms with E-state index in [1.807, 2.05) is 41.2 Å². The number of nitro groups is 1. The zero-order valence-corrected chi connectivity index (χ0v) is 14.7. The molecule has 4 aromatic rings. The van der Waals surface area contributed by atoms with Crippen molar-refractivity contribution in [3.05, 3.63) is 81.8 Å². The minimum Gasteiger partial charge on any atom is -0.364 e. The second kappa shape index (κ2) is 7.04. The number of anilines is 1. The maximum Gasteiger partial charge on any atom is 0.368 e. The van der Waals surface area contributed by atoms with Crippen LogP contribution in [0, 0.1) is 10.1 Å². The van der Waals surface area contributed by atoms with E-state index in [9.17, 15) is 10.1 Å². The van der Waals surface area contributed by atoms with Gasteiger partial charge in [-0.3, -0.25) is 4.68 Å². The van der Waals surface area contributed by atoms with Gasteiger partial charge in [0.25, 0.3) is 0 Å². The highest BCUT2D eigenvalue weighted by Crippen LogP contribution is 2.21. The molecular weight excluding hydrogens is 370 g/mol. The number of halogens is 1. The van der Waals surface area contributed by atoms with Gasteiger partial charge in [0.05, 0.1) is 6.04 Å². The Bertz CT molecular complexity index is 1080. The zero-order chi connectivity index (χ0) is 18.8. The van der Waals surface area contributed by atoms with Gasteiger partial charge >= 0.3 is 5.82 Å². The molecule has 27 heavy (non-hydrogen) atoms. The van der Waals surface area contributed by atoms with Crippen LogP contribution in [0.4, 0.5) is 11.6 Å². The summed E-state index contributed by atoms with van der Waals surface area (Å²) in [6.45, 7) is 0.477. The maximum atomic E-state index is 11.1. The van der Waals surface area contributed by atoms with Gasteiger partial charge in [-0.05, 0) is 34.8 Å². The van der Waals surface area contributed by atoms with Crippen LogP contribution in [0.5, 0.6) is 0 Å². The molecule has 1 N–H and O–H groups in total. The number of benzene rings is 1. The van der Waals surface area contributed by atoms with E-state index in [0.29, 0.717) is 23.0 Å². The van der Waals surface area contributed by atoms with Crippen LogP contribution >= 0.6 is 11.6 Å². The van der Waals surface area contributed by atoms with Gasteiger partial charge in [0, 0.05) is 30.0 Å². The molecule has 3 aromatic heterocycles. The molecule has 0 amide bonds. The third kappa shape index (κ3) is 3.44. The van der Waals surface area contributed by atoms with Crippen LogP contribution in [0.25, 0.3) is 5.65 Å². The van der Waals surface area contributed by atoms with Gasteiger partial charge in [-0.1, -0.05) is 33.3 Å². The predicted molar refractivity (Wildman–Crippen MR) is 99.9 cm³/mol. The van der Waals surface area contributed by atoms with Gasteiger partial charge in [-0.25, -0.2) is 4.98 Å². The summed E-state index contributed by atoms with van der Waals surface area (Å²) in [6.07, 6.45) is 4.77. The van der Waals surface area contributed by atoms with Crippen LogP contribution in [-0.4, -0.2) is 35.8 Å². The molecule has 9 nitrogen and oxygen atoms in total. The van der Waals surface area contributed by atoms with Crippen LogP contribution in [0.3, 0.4) is 0 Å². The number of hydrogen-bond donors (Lipinski definition) is 1. The molecule has 0 aliphatic heterocycles. The van der Waals surface area contributed by atoms with E-state index >= 15 is 0 Å². The second-order valence-corrected chi connectivity index (χ2v) is 6.23. The minimum absolute atomic E-state index is 0.104. The van der Waals surface area contributed by atoms with Crippen LogP contribution in [-0.2, 0) is 0 Å². The summed E-state index contributed by atoms with van der Waals surface area (Å²) in [5.74, 6) is 0.310. The fourth-order valence-corrected chi connectivity index (χ4v) is 2.92. The Hall–Kier alpha value is -3.46. The number of imidazole rings is 1. The molecule has 1 atom stereocenters. The molecule has 1 unspecified atom stereocenters. The van der Waals surface area contributed by atoms with Crippen molar-refractivity contribution in [1.82, 2.24) is 24.4 Å². The SMILES string of the molecule is O=[N+]([O-])c1cnc2ccc(NCC(c3ccc(Cl)cc3)n3cccn3)nn12. The molecule has 0 aliphatic carbocycles. The third-order valence-corrected chi connectivity index (χ3v) is 4.36. The highest BCUT2D eigenvalue weighted by atomic mass is 35.5. The Morgan fingerprint density at radius 2 is 2.04 bits per heavy atom. The first-order valence-electron chi connectivity index (χ1n) is 8.09. The van der Waals surface area contributed by atoms with Crippen molar-refractivity contribution in [1.29, 1.82) is 0 Å². The molecular formula is C17H14ClN7O2. The molecule has 0 fully saturated rings. The lowest BCUT2D eigenvalue weighted by atomic mass is 10.1. The van der Waals surface area contributed by atoms with Crippen molar-refractivity contribution in [2.75, 3.05) is 11.9 Å². The fourth-order valence-electron chi connectivity index (χ4n) is 2.80. The largest absolute Gasteiger partial charge is 0.368 e. The van der Waals surface area contributed by atoms with Crippen molar-refractivity contribution in [2.24, 2.45) is 0 Å². The number of hydrogen-bond acceptors (Lipinski definition) is 6. The van der Waals surface area contributed by atoms with Crippen molar-refractivity contribution < 1.29 is 4.92 Å².